The normalized spacial score (nSPS) is 17.2. The molecule has 1 N–H and O–H groups in total. The second kappa shape index (κ2) is 9.54. The number of nitrogens with zero attached hydrogens (tertiary/aromatic N) is 2. The van der Waals surface area contributed by atoms with Crippen LogP contribution in [-0.2, 0) is 16.0 Å². The number of Topliss-reactive ketones (excluding diaryl/α,β-unsaturated/α-hetero) is 1. The topological polar surface area (TPSA) is 79.7 Å². The first-order valence-corrected chi connectivity index (χ1v) is 12.4. The van der Waals surface area contributed by atoms with E-state index in [9.17, 15) is 19.1 Å². The highest BCUT2D eigenvalue weighted by Gasteiger charge is 2.48. The molecule has 0 aliphatic carbocycles. The van der Waals surface area contributed by atoms with Crippen LogP contribution in [-0.4, -0.2) is 28.4 Å². The van der Waals surface area contributed by atoms with E-state index in [4.69, 9.17) is 4.74 Å². The summed E-state index contributed by atoms with van der Waals surface area (Å²) < 4.78 is 19.9. The number of ether oxygens (including phenoxy) is 1. The number of halogens is 1. The number of hydrogen-bond acceptors (Lipinski definition) is 6. The Bertz CT molecular complexity index is 1490. The molecule has 0 spiro atoms. The van der Waals surface area contributed by atoms with Crippen molar-refractivity contribution in [2.45, 2.75) is 26.3 Å². The SMILES string of the molecule is CCOc1ccc(C2C(=C(O)c3ccc(F)cc3)C(=O)C(=O)N2c2nc3ccc(CC)cc3s2)cc1. The molecule has 5 rings (SSSR count). The Morgan fingerprint density at radius 1 is 1.06 bits per heavy atom. The Kier molecular flexibility index (Phi) is 6.28. The van der Waals surface area contributed by atoms with Crippen molar-refractivity contribution in [3.05, 3.63) is 94.8 Å². The third kappa shape index (κ3) is 4.13. The van der Waals surface area contributed by atoms with E-state index in [0.29, 0.717) is 23.1 Å². The molecule has 1 fully saturated rings. The Balaban J connectivity index is 1.69. The number of aryl methyl sites for hydroxylation is 1. The number of carbonyl (C=O) groups is 2. The van der Waals surface area contributed by atoms with Crippen molar-refractivity contribution in [1.82, 2.24) is 4.98 Å². The zero-order valence-electron chi connectivity index (χ0n) is 19.7. The lowest BCUT2D eigenvalue weighted by molar-refractivity contribution is -0.132. The molecule has 1 aromatic heterocycles. The maximum absolute atomic E-state index is 13.5. The van der Waals surface area contributed by atoms with Gasteiger partial charge in [0, 0.05) is 5.56 Å². The van der Waals surface area contributed by atoms with Crippen LogP contribution in [0.2, 0.25) is 0 Å². The zero-order chi connectivity index (χ0) is 25.4. The maximum Gasteiger partial charge on any atom is 0.301 e. The van der Waals surface area contributed by atoms with Gasteiger partial charge >= 0.3 is 5.91 Å². The molecule has 6 nitrogen and oxygen atoms in total. The number of anilines is 1. The van der Waals surface area contributed by atoms with Crippen molar-refractivity contribution in [1.29, 1.82) is 0 Å². The zero-order valence-corrected chi connectivity index (χ0v) is 20.5. The van der Waals surface area contributed by atoms with Crippen molar-refractivity contribution < 1.29 is 23.8 Å². The maximum atomic E-state index is 13.5. The summed E-state index contributed by atoms with van der Waals surface area (Å²) in [6.07, 6.45) is 0.859. The van der Waals surface area contributed by atoms with Gasteiger partial charge in [-0.2, -0.15) is 0 Å². The van der Waals surface area contributed by atoms with Gasteiger partial charge in [-0.1, -0.05) is 36.5 Å². The molecule has 1 aliphatic heterocycles. The first kappa shape index (κ1) is 23.7. The number of amides is 1. The quantitative estimate of drug-likeness (QED) is 0.198. The molecule has 3 aromatic carbocycles. The second-order valence-electron chi connectivity index (χ2n) is 8.33. The highest BCUT2D eigenvalue weighted by atomic mass is 32.1. The Morgan fingerprint density at radius 3 is 2.44 bits per heavy atom. The van der Waals surface area contributed by atoms with E-state index in [-0.39, 0.29) is 16.9 Å². The van der Waals surface area contributed by atoms with E-state index in [1.54, 1.807) is 24.3 Å². The third-order valence-electron chi connectivity index (χ3n) is 6.12. The third-order valence-corrected chi connectivity index (χ3v) is 7.14. The van der Waals surface area contributed by atoms with Crippen LogP contribution in [0.25, 0.3) is 16.0 Å². The van der Waals surface area contributed by atoms with E-state index in [0.717, 1.165) is 22.2 Å². The summed E-state index contributed by atoms with van der Waals surface area (Å²) in [6.45, 7) is 4.43. The number of ketones is 1. The van der Waals surface area contributed by atoms with E-state index in [1.165, 1.54) is 40.5 Å². The smallest absolute Gasteiger partial charge is 0.301 e. The van der Waals surface area contributed by atoms with Gasteiger partial charge in [0.1, 0.15) is 17.3 Å². The van der Waals surface area contributed by atoms with E-state index in [1.807, 2.05) is 25.1 Å². The van der Waals surface area contributed by atoms with Crippen LogP contribution in [0.15, 0.2) is 72.3 Å². The highest BCUT2D eigenvalue weighted by molar-refractivity contribution is 7.22. The fourth-order valence-corrected chi connectivity index (χ4v) is 5.36. The molecule has 36 heavy (non-hydrogen) atoms. The highest BCUT2D eigenvalue weighted by Crippen LogP contribution is 2.44. The minimum Gasteiger partial charge on any atom is -0.507 e. The summed E-state index contributed by atoms with van der Waals surface area (Å²) in [6, 6.07) is 17.1. The van der Waals surface area contributed by atoms with Crippen LogP contribution in [0, 0.1) is 5.82 Å². The van der Waals surface area contributed by atoms with Gasteiger partial charge in [-0.3, -0.25) is 14.5 Å². The van der Waals surface area contributed by atoms with Crippen molar-refractivity contribution in [2.75, 3.05) is 11.5 Å². The van der Waals surface area contributed by atoms with Crippen molar-refractivity contribution in [3.63, 3.8) is 0 Å². The average Bonchev–Trinajstić information content (AvgIpc) is 3.42. The number of hydrogen-bond donors (Lipinski definition) is 1. The fourth-order valence-electron chi connectivity index (χ4n) is 4.30. The number of rotatable bonds is 6. The molecule has 8 heteroatoms. The molecule has 0 bridgehead atoms. The minimum absolute atomic E-state index is 0.0794. The summed E-state index contributed by atoms with van der Waals surface area (Å²) in [5.74, 6) is -1.82. The number of benzene rings is 3. The predicted molar refractivity (Wildman–Crippen MR) is 138 cm³/mol. The van der Waals surface area contributed by atoms with Crippen LogP contribution in [0.1, 0.15) is 36.6 Å². The monoisotopic (exact) mass is 502 g/mol. The first-order valence-electron chi connectivity index (χ1n) is 11.6. The van der Waals surface area contributed by atoms with Crippen LogP contribution >= 0.6 is 11.3 Å². The lowest BCUT2D eigenvalue weighted by Gasteiger charge is -2.23. The molecule has 1 atom stereocenters. The number of carbonyl (C=O) groups excluding carboxylic acids is 2. The molecule has 4 aromatic rings. The van der Waals surface area contributed by atoms with Crippen molar-refractivity contribution >= 4 is 44.1 Å². The predicted octanol–water partition coefficient (Wildman–Crippen LogP) is 6.02. The number of fused-ring (bicyclic) bond motifs is 1. The van der Waals surface area contributed by atoms with E-state index in [2.05, 4.69) is 11.9 Å². The minimum atomic E-state index is -0.920. The Hall–Kier alpha value is -4.04. The van der Waals surface area contributed by atoms with Gasteiger partial charge in [-0.15, -0.1) is 0 Å². The molecule has 1 unspecified atom stereocenters. The lowest BCUT2D eigenvalue weighted by atomic mass is 9.95. The van der Waals surface area contributed by atoms with Gasteiger partial charge in [-0.05, 0) is 73.0 Å². The fraction of sp³-hybridized carbons (Fsp3) is 0.179. The average molecular weight is 503 g/mol. The van der Waals surface area contributed by atoms with Gasteiger partial charge in [-0.25, -0.2) is 9.37 Å². The second-order valence-corrected chi connectivity index (χ2v) is 9.34. The lowest BCUT2D eigenvalue weighted by Crippen LogP contribution is -2.29. The van der Waals surface area contributed by atoms with E-state index < -0.39 is 23.5 Å². The number of aliphatic hydroxyl groups excluding tert-OH is 1. The summed E-state index contributed by atoms with van der Waals surface area (Å²) in [7, 11) is 0. The molecular formula is C28H23FN2O4S. The van der Waals surface area contributed by atoms with Gasteiger partial charge in [0.25, 0.3) is 5.78 Å². The molecule has 1 amide bonds. The summed E-state index contributed by atoms with van der Waals surface area (Å²) in [5, 5.41) is 11.5. The van der Waals surface area contributed by atoms with Crippen molar-refractivity contribution in [3.8, 4) is 5.75 Å². The number of aromatic nitrogens is 1. The van der Waals surface area contributed by atoms with E-state index >= 15 is 0 Å². The van der Waals surface area contributed by atoms with Crippen LogP contribution < -0.4 is 9.64 Å². The standard InChI is InChI=1S/C28H23FN2O4S/c1-3-16-5-14-21-22(15-16)36-28(30-21)31-24(17-8-12-20(13-9-17)35-4-2)23(26(33)27(31)34)25(32)18-6-10-19(29)11-7-18/h5-15,24,32H,3-4H2,1-2H3. The summed E-state index contributed by atoms with van der Waals surface area (Å²) >= 11 is 1.31. The molecule has 1 aliphatic rings. The number of thiazole rings is 1. The molecule has 1 saturated heterocycles. The molecule has 2 heterocycles. The van der Waals surface area contributed by atoms with Gasteiger partial charge < -0.3 is 9.84 Å². The van der Waals surface area contributed by atoms with Crippen molar-refractivity contribution in [2.24, 2.45) is 0 Å². The van der Waals surface area contributed by atoms with Crippen LogP contribution in [0.4, 0.5) is 9.52 Å². The van der Waals surface area contributed by atoms with Gasteiger partial charge in [0.15, 0.2) is 5.13 Å². The Labute approximate surface area is 211 Å². The number of aliphatic hydroxyl groups is 1. The Morgan fingerprint density at radius 2 is 1.78 bits per heavy atom. The summed E-state index contributed by atoms with van der Waals surface area (Å²) in [5.41, 5.74) is 2.62. The molecule has 182 valence electrons. The van der Waals surface area contributed by atoms with Crippen LogP contribution in [0.3, 0.4) is 0 Å². The largest absolute Gasteiger partial charge is 0.507 e. The van der Waals surface area contributed by atoms with Gasteiger partial charge in [0.05, 0.1) is 28.4 Å². The summed E-state index contributed by atoms with van der Waals surface area (Å²) in [4.78, 5) is 32.7. The van der Waals surface area contributed by atoms with Crippen LogP contribution in [0.5, 0.6) is 5.75 Å². The molecule has 0 saturated carbocycles. The molecular weight excluding hydrogens is 479 g/mol. The molecule has 0 radical (unpaired) electrons. The first-order chi connectivity index (χ1) is 17.4. The van der Waals surface area contributed by atoms with Gasteiger partial charge in [0.2, 0.25) is 0 Å².